The summed E-state index contributed by atoms with van der Waals surface area (Å²) in [6.07, 6.45) is 0.705. The molecular weight excluding hydrogens is 222 g/mol. The topological polar surface area (TPSA) is 68.0 Å². The van der Waals surface area contributed by atoms with Crippen LogP contribution in [0.4, 0.5) is 0 Å². The molecule has 0 radical (unpaired) electrons. The van der Waals surface area contributed by atoms with Gasteiger partial charge in [0, 0.05) is 10.9 Å². The van der Waals surface area contributed by atoms with E-state index in [0.29, 0.717) is 6.42 Å². The number of aromatic nitrogens is 1. The minimum atomic E-state index is -0.298. The molecule has 1 aromatic rings. The molecule has 0 bridgehead atoms. The first-order chi connectivity index (χ1) is 7.45. The summed E-state index contributed by atoms with van der Waals surface area (Å²) in [7, 11) is 0. The molecule has 1 heterocycles. The van der Waals surface area contributed by atoms with Crippen molar-refractivity contribution in [2.75, 3.05) is 0 Å². The summed E-state index contributed by atoms with van der Waals surface area (Å²) in [5.41, 5.74) is 6.33. The molecule has 3 N–H and O–H groups in total. The minimum Gasteiger partial charge on any atom is -0.368 e. The van der Waals surface area contributed by atoms with E-state index < -0.39 is 0 Å². The standard InChI is InChI=1S/C11H19N3OS/c1-5-9(11(12)15)14-7(3)10-6(2)13-8(4)16-10/h7,9,14H,5H2,1-4H3,(H2,12,15). The first-order valence-corrected chi connectivity index (χ1v) is 6.26. The third-order valence-electron chi connectivity index (χ3n) is 2.54. The van der Waals surface area contributed by atoms with Crippen LogP contribution in [0.5, 0.6) is 0 Å². The maximum atomic E-state index is 11.1. The molecule has 0 spiro atoms. The molecule has 0 aliphatic rings. The Morgan fingerprint density at radius 1 is 1.56 bits per heavy atom. The van der Waals surface area contributed by atoms with Crippen molar-refractivity contribution in [3.8, 4) is 0 Å². The number of rotatable bonds is 5. The third-order valence-corrected chi connectivity index (χ3v) is 3.79. The predicted octanol–water partition coefficient (Wildman–Crippen LogP) is 1.67. The molecule has 5 heteroatoms. The molecule has 2 unspecified atom stereocenters. The monoisotopic (exact) mass is 241 g/mol. The number of hydrogen-bond acceptors (Lipinski definition) is 4. The number of nitrogens with two attached hydrogens (primary N) is 1. The molecule has 0 aliphatic carbocycles. The molecule has 0 aliphatic heterocycles. The van der Waals surface area contributed by atoms with Crippen LogP contribution < -0.4 is 11.1 Å². The van der Waals surface area contributed by atoms with Gasteiger partial charge in [-0.15, -0.1) is 11.3 Å². The second-order valence-electron chi connectivity index (χ2n) is 3.93. The molecule has 1 amide bonds. The summed E-state index contributed by atoms with van der Waals surface area (Å²) >= 11 is 1.66. The van der Waals surface area contributed by atoms with Gasteiger partial charge in [0.2, 0.25) is 5.91 Å². The summed E-state index contributed by atoms with van der Waals surface area (Å²) in [6.45, 7) is 7.95. The molecule has 4 nitrogen and oxygen atoms in total. The lowest BCUT2D eigenvalue weighted by atomic mass is 10.1. The van der Waals surface area contributed by atoms with E-state index >= 15 is 0 Å². The van der Waals surface area contributed by atoms with E-state index in [2.05, 4.69) is 10.3 Å². The van der Waals surface area contributed by atoms with E-state index in [0.717, 1.165) is 10.7 Å². The predicted molar refractivity (Wildman–Crippen MR) is 66.4 cm³/mol. The molecular formula is C11H19N3OS. The van der Waals surface area contributed by atoms with Crippen molar-refractivity contribution in [3.63, 3.8) is 0 Å². The number of primary amides is 1. The van der Waals surface area contributed by atoms with Crippen molar-refractivity contribution in [1.29, 1.82) is 0 Å². The number of nitrogens with one attached hydrogen (secondary N) is 1. The van der Waals surface area contributed by atoms with Crippen molar-refractivity contribution in [1.82, 2.24) is 10.3 Å². The van der Waals surface area contributed by atoms with Crippen LogP contribution in [0.2, 0.25) is 0 Å². The molecule has 1 rings (SSSR count). The fourth-order valence-electron chi connectivity index (χ4n) is 1.73. The van der Waals surface area contributed by atoms with E-state index in [-0.39, 0.29) is 18.0 Å². The van der Waals surface area contributed by atoms with Crippen LogP contribution in [-0.2, 0) is 4.79 Å². The third kappa shape index (κ3) is 3.02. The van der Waals surface area contributed by atoms with Crippen LogP contribution in [-0.4, -0.2) is 16.9 Å². The first kappa shape index (κ1) is 13.1. The van der Waals surface area contributed by atoms with Crippen LogP contribution in [0.1, 0.15) is 41.9 Å². The number of hydrogen-bond donors (Lipinski definition) is 2. The van der Waals surface area contributed by atoms with Gasteiger partial charge in [0.05, 0.1) is 16.7 Å². The highest BCUT2D eigenvalue weighted by atomic mass is 32.1. The van der Waals surface area contributed by atoms with Gasteiger partial charge in [-0.1, -0.05) is 6.92 Å². The van der Waals surface area contributed by atoms with E-state index in [1.807, 2.05) is 27.7 Å². The second-order valence-corrected chi connectivity index (χ2v) is 5.17. The Bertz CT molecular complexity index is 375. The Morgan fingerprint density at radius 2 is 2.19 bits per heavy atom. The fourth-order valence-corrected chi connectivity index (χ4v) is 2.67. The normalized spacial score (nSPS) is 14.8. The number of amides is 1. The maximum Gasteiger partial charge on any atom is 0.234 e. The van der Waals surface area contributed by atoms with E-state index in [1.54, 1.807) is 11.3 Å². The molecule has 0 aromatic carbocycles. The lowest BCUT2D eigenvalue weighted by Crippen LogP contribution is -2.41. The number of carbonyl (C=O) groups excluding carboxylic acids is 1. The van der Waals surface area contributed by atoms with Crippen molar-refractivity contribution >= 4 is 17.2 Å². The zero-order chi connectivity index (χ0) is 12.3. The Morgan fingerprint density at radius 3 is 2.56 bits per heavy atom. The molecule has 90 valence electrons. The van der Waals surface area contributed by atoms with Crippen LogP contribution in [0, 0.1) is 13.8 Å². The molecule has 0 saturated heterocycles. The van der Waals surface area contributed by atoms with E-state index in [4.69, 9.17) is 5.73 Å². The smallest absolute Gasteiger partial charge is 0.234 e. The van der Waals surface area contributed by atoms with Crippen molar-refractivity contribution in [2.24, 2.45) is 5.73 Å². The molecule has 0 saturated carbocycles. The Balaban J connectivity index is 2.75. The number of thiazole rings is 1. The molecule has 16 heavy (non-hydrogen) atoms. The largest absolute Gasteiger partial charge is 0.368 e. The first-order valence-electron chi connectivity index (χ1n) is 5.45. The van der Waals surface area contributed by atoms with Gasteiger partial charge in [-0.3, -0.25) is 10.1 Å². The van der Waals surface area contributed by atoms with Gasteiger partial charge in [-0.25, -0.2) is 4.98 Å². The van der Waals surface area contributed by atoms with Gasteiger partial charge >= 0.3 is 0 Å². The van der Waals surface area contributed by atoms with Gasteiger partial charge in [0.15, 0.2) is 0 Å². The molecule has 2 atom stereocenters. The maximum absolute atomic E-state index is 11.1. The van der Waals surface area contributed by atoms with E-state index in [1.165, 1.54) is 4.88 Å². The van der Waals surface area contributed by atoms with Crippen LogP contribution in [0.15, 0.2) is 0 Å². The molecule has 1 aromatic heterocycles. The van der Waals surface area contributed by atoms with Gasteiger partial charge < -0.3 is 5.73 Å². The van der Waals surface area contributed by atoms with Crippen molar-refractivity contribution < 1.29 is 4.79 Å². The SMILES string of the molecule is CCC(NC(C)c1sc(C)nc1C)C(N)=O. The quantitative estimate of drug-likeness (QED) is 0.824. The van der Waals surface area contributed by atoms with Crippen LogP contribution in [0.3, 0.4) is 0 Å². The van der Waals surface area contributed by atoms with Crippen LogP contribution >= 0.6 is 11.3 Å². The minimum absolute atomic E-state index is 0.114. The number of carbonyl (C=O) groups is 1. The Labute approximate surface area is 100 Å². The van der Waals surface area contributed by atoms with Crippen molar-refractivity contribution in [2.45, 2.75) is 46.2 Å². The highest BCUT2D eigenvalue weighted by Crippen LogP contribution is 2.24. The Hall–Kier alpha value is -0.940. The van der Waals surface area contributed by atoms with Gasteiger partial charge in [-0.2, -0.15) is 0 Å². The second kappa shape index (κ2) is 5.41. The lowest BCUT2D eigenvalue weighted by molar-refractivity contribution is -0.120. The summed E-state index contributed by atoms with van der Waals surface area (Å²) in [5.74, 6) is -0.298. The average Bonchev–Trinajstić information content (AvgIpc) is 2.53. The number of aryl methyl sites for hydroxylation is 2. The van der Waals surface area contributed by atoms with Crippen molar-refractivity contribution in [3.05, 3.63) is 15.6 Å². The Kier molecular flexibility index (Phi) is 4.44. The number of nitrogens with zero attached hydrogens (tertiary/aromatic N) is 1. The van der Waals surface area contributed by atoms with Gasteiger partial charge in [-0.05, 0) is 27.2 Å². The zero-order valence-corrected chi connectivity index (χ0v) is 11.0. The highest BCUT2D eigenvalue weighted by Gasteiger charge is 2.19. The average molecular weight is 241 g/mol. The molecule has 0 fully saturated rings. The summed E-state index contributed by atoms with van der Waals surface area (Å²) in [5, 5.41) is 4.28. The van der Waals surface area contributed by atoms with Gasteiger partial charge in [0.25, 0.3) is 0 Å². The summed E-state index contributed by atoms with van der Waals surface area (Å²) in [4.78, 5) is 16.7. The summed E-state index contributed by atoms with van der Waals surface area (Å²) in [6, 6.07) is -0.152. The van der Waals surface area contributed by atoms with Gasteiger partial charge in [0.1, 0.15) is 0 Å². The highest BCUT2D eigenvalue weighted by molar-refractivity contribution is 7.11. The zero-order valence-electron chi connectivity index (χ0n) is 10.2. The summed E-state index contributed by atoms with van der Waals surface area (Å²) < 4.78 is 0. The van der Waals surface area contributed by atoms with E-state index in [9.17, 15) is 4.79 Å². The van der Waals surface area contributed by atoms with Crippen LogP contribution in [0.25, 0.3) is 0 Å². The lowest BCUT2D eigenvalue weighted by Gasteiger charge is -2.19. The fraction of sp³-hybridized carbons (Fsp3) is 0.636.